The first kappa shape index (κ1) is 17.7. The summed E-state index contributed by atoms with van der Waals surface area (Å²) in [5.41, 5.74) is 1.42. The molecule has 27 heavy (non-hydrogen) atoms. The lowest BCUT2D eigenvalue weighted by atomic mass is 9.95. The van der Waals surface area contributed by atoms with Gasteiger partial charge >= 0.3 is 0 Å². The Kier molecular flexibility index (Phi) is 4.94. The molecule has 0 spiro atoms. The number of anilines is 2. The molecule has 140 valence electrons. The first-order chi connectivity index (χ1) is 13.2. The summed E-state index contributed by atoms with van der Waals surface area (Å²) in [6.45, 7) is 0. The third kappa shape index (κ3) is 3.47. The molecule has 0 bridgehead atoms. The lowest BCUT2D eigenvalue weighted by Crippen LogP contribution is -2.22. The average molecular weight is 385 g/mol. The number of aromatic nitrogens is 4. The molecular formula is C19H21ClN6O. The summed E-state index contributed by atoms with van der Waals surface area (Å²) in [6.07, 6.45) is 9.12. The van der Waals surface area contributed by atoms with Crippen LogP contribution in [0, 0.1) is 0 Å². The van der Waals surface area contributed by atoms with E-state index in [9.17, 15) is 4.79 Å². The van der Waals surface area contributed by atoms with Crippen molar-refractivity contribution in [3.63, 3.8) is 0 Å². The number of ketones is 1. The molecule has 0 unspecified atom stereocenters. The van der Waals surface area contributed by atoms with Crippen molar-refractivity contribution >= 4 is 40.1 Å². The van der Waals surface area contributed by atoms with Crippen LogP contribution in [0.5, 0.6) is 0 Å². The zero-order chi connectivity index (χ0) is 18.8. The van der Waals surface area contributed by atoms with Gasteiger partial charge in [0.05, 0.1) is 16.5 Å². The quantitative estimate of drug-likeness (QED) is 0.454. The van der Waals surface area contributed by atoms with Crippen LogP contribution in [0.3, 0.4) is 0 Å². The molecule has 4 rings (SSSR count). The van der Waals surface area contributed by atoms with E-state index in [1.807, 2.05) is 6.07 Å². The number of H-pyrrole nitrogens is 1. The summed E-state index contributed by atoms with van der Waals surface area (Å²) >= 11 is 6.35. The van der Waals surface area contributed by atoms with Crippen LogP contribution >= 0.6 is 11.6 Å². The summed E-state index contributed by atoms with van der Waals surface area (Å²) in [4.78, 5) is 28.8. The molecule has 1 fully saturated rings. The Hall–Kier alpha value is -2.67. The second-order valence-electron chi connectivity index (χ2n) is 6.74. The van der Waals surface area contributed by atoms with Gasteiger partial charge in [-0.15, -0.1) is 0 Å². The van der Waals surface area contributed by atoms with E-state index in [0.29, 0.717) is 39.8 Å². The summed E-state index contributed by atoms with van der Waals surface area (Å²) in [6, 6.07) is 3.97. The fourth-order valence-electron chi connectivity index (χ4n) is 3.62. The smallest absolute Gasteiger partial charge is 0.198 e. The van der Waals surface area contributed by atoms with Crippen molar-refractivity contribution in [1.29, 1.82) is 0 Å². The van der Waals surface area contributed by atoms with Crippen LogP contribution in [0.15, 0.2) is 24.7 Å². The third-order valence-electron chi connectivity index (χ3n) is 5.00. The van der Waals surface area contributed by atoms with E-state index >= 15 is 0 Å². The van der Waals surface area contributed by atoms with Gasteiger partial charge in [0.1, 0.15) is 28.8 Å². The number of hydrogen-bond acceptors (Lipinski definition) is 6. The number of carbonyl (C=O) groups is 1. The Morgan fingerprint density at radius 1 is 1.19 bits per heavy atom. The van der Waals surface area contributed by atoms with Gasteiger partial charge in [-0.3, -0.25) is 4.79 Å². The molecular weight excluding hydrogens is 364 g/mol. The maximum atomic E-state index is 13.1. The molecule has 1 aliphatic carbocycles. The highest BCUT2D eigenvalue weighted by Gasteiger charge is 2.21. The fourth-order valence-corrected chi connectivity index (χ4v) is 3.86. The number of hydrogen-bond donors (Lipinski definition) is 3. The largest absolute Gasteiger partial charge is 0.372 e. The van der Waals surface area contributed by atoms with Crippen LogP contribution in [-0.4, -0.2) is 38.8 Å². The van der Waals surface area contributed by atoms with Crippen molar-refractivity contribution < 1.29 is 4.79 Å². The van der Waals surface area contributed by atoms with Crippen molar-refractivity contribution in [2.24, 2.45) is 0 Å². The number of nitrogens with zero attached hydrogens (tertiary/aromatic N) is 3. The van der Waals surface area contributed by atoms with E-state index in [-0.39, 0.29) is 10.9 Å². The summed E-state index contributed by atoms with van der Waals surface area (Å²) in [5, 5.41) is 7.25. The van der Waals surface area contributed by atoms with E-state index < -0.39 is 0 Å². The van der Waals surface area contributed by atoms with Gasteiger partial charge < -0.3 is 15.6 Å². The summed E-state index contributed by atoms with van der Waals surface area (Å²) in [5.74, 6) is 1.08. The van der Waals surface area contributed by atoms with Gasteiger partial charge in [0.15, 0.2) is 5.78 Å². The molecule has 3 aromatic rings. The van der Waals surface area contributed by atoms with E-state index in [4.69, 9.17) is 11.6 Å². The Labute approximate surface area is 162 Å². The third-order valence-corrected chi connectivity index (χ3v) is 5.29. The zero-order valence-corrected chi connectivity index (χ0v) is 15.8. The second kappa shape index (κ2) is 7.52. The van der Waals surface area contributed by atoms with Crippen molar-refractivity contribution in [3.8, 4) is 0 Å². The van der Waals surface area contributed by atoms with Crippen LogP contribution in [0.4, 0.5) is 11.6 Å². The molecule has 1 saturated carbocycles. The minimum atomic E-state index is -0.214. The number of aromatic amines is 1. The molecule has 8 heteroatoms. The number of rotatable bonds is 5. The highest BCUT2D eigenvalue weighted by Crippen LogP contribution is 2.28. The lowest BCUT2D eigenvalue weighted by molar-refractivity contribution is 0.104. The van der Waals surface area contributed by atoms with Gasteiger partial charge in [0.2, 0.25) is 0 Å². The van der Waals surface area contributed by atoms with Crippen molar-refractivity contribution in [1.82, 2.24) is 19.9 Å². The lowest BCUT2D eigenvalue weighted by Gasteiger charge is -2.23. The SMILES string of the molecule is CNc1ncnc2[nH]cc(C(=O)c3ccc(NC4CCCCC4)nc3Cl)c12. The highest BCUT2D eigenvalue weighted by atomic mass is 35.5. The van der Waals surface area contributed by atoms with E-state index in [1.54, 1.807) is 19.3 Å². The Morgan fingerprint density at radius 2 is 2.00 bits per heavy atom. The fraction of sp³-hybridized carbons (Fsp3) is 0.368. The first-order valence-corrected chi connectivity index (χ1v) is 9.53. The molecule has 3 aromatic heterocycles. The Balaban J connectivity index is 1.62. The molecule has 0 saturated heterocycles. The number of pyridine rings is 1. The average Bonchev–Trinajstić information content (AvgIpc) is 3.13. The molecule has 0 atom stereocenters. The number of carbonyl (C=O) groups excluding carboxylic acids is 1. The predicted molar refractivity (Wildman–Crippen MR) is 107 cm³/mol. The minimum absolute atomic E-state index is 0.193. The van der Waals surface area contributed by atoms with Crippen LogP contribution in [-0.2, 0) is 0 Å². The van der Waals surface area contributed by atoms with Crippen LogP contribution in [0.1, 0.15) is 48.0 Å². The molecule has 3 N–H and O–H groups in total. The van der Waals surface area contributed by atoms with Crippen molar-refractivity contribution in [2.45, 2.75) is 38.1 Å². The molecule has 0 aliphatic heterocycles. The molecule has 0 aromatic carbocycles. The zero-order valence-electron chi connectivity index (χ0n) is 15.1. The summed E-state index contributed by atoms with van der Waals surface area (Å²) < 4.78 is 0. The number of halogens is 1. The number of fused-ring (bicyclic) bond motifs is 1. The topological polar surface area (TPSA) is 95.6 Å². The van der Waals surface area contributed by atoms with Gasteiger partial charge in [-0.2, -0.15) is 0 Å². The summed E-state index contributed by atoms with van der Waals surface area (Å²) in [7, 11) is 1.75. The normalized spacial score (nSPS) is 15.0. The second-order valence-corrected chi connectivity index (χ2v) is 7.10. The molecule has 0 radical (unpaired) electrons. The van der Waals surface area contributed by atoms with E-state index in [1.165, 1.54) is 25.6 Å². The van der Waals surface area contributed by atoms with Crippen molar-refractivity contribution in [2.75, 3.05) is 17.7 Å². The molecule has 0 amide bonds. The minimum Gasteiger partial charge on any atom is -0.372 e. The van der Waals surface area contributed by atoms with Crippen LogP contribution in [0.2, 0.25) is 5.15 Å². The Morgan fingerprint density at radius 3 is 2.74 bits per heavy atom. The molecule has 1 aliphatic rings. The monoisotopic (exact) mass is 384 g/mol. The number of nitrogens with one attached hydrogen (secondary N) is 3. The van der Waals surface area contributed by atoms with E-state index in [2.05, 4.69) is 30.6 Å². The maximum absolute atomic E-state index is 13.1. The van der Waals surface area contributed by atoms with Gasteiger partial charge in [0.25, 0.3) is 0 Å². The predicted octanol–water partition coefficient (Wildman–Crippen LogP) is 4.02. The van der Waals surface area contributed by atoms with Crippen molar-refractivity contribution in [3.05, 3.63) is 40.9 Å². The maximum Gasteiger partial charge on any atom is 0.198 e. The molecule has 3 heterocycles. The first-order valence-electron chi connectivity index (χ1n) is 9.15. The van der Waals surface area contributed by atoms with Gasteiger partial charge in [-0.05, 0) is 25.0 Å². The molecule has 7 nitrogen and oxygen atoms in total. The van der Waals surface area contributed by atoms with Crippen LogP contribution in [0.25, 0.3) is 11.0 Å². The van der Waals surface area contributed by atoms with Gasteiger partial charge in [0, 0.05) is 19.3 Å². The standard InChI is InChI=1S/C19H21ClN6O/c1-21-18-15-13(9-22-19(15)24-10-23-18)16(27)12-7-8-14(26-17(12)20)25-11-5-3-2-4-6-11/h7-11H,2-6H2,1H3,(H,25,26)(H2,21,22,23,24). The highest BCUT2D eigenvalue weighted by molar-refractivity contribution is 6.34. The van der Waals surface area contributed by atoms with E-state index in [0.717, 1.165) is 12.8 Å². The van der Waals surface area contributed by atoms with Crippen LogP contribution < -0.4 is 10.6 Å². The Bertz CT molecular complexity index is 979. The van der Waals surface area contributed by atoms with Gasteiger partial charge in [-0.25, -0.2) is 15.0 Å². The van der Waals surface area contributed by atoms with Gasteiger partial charge in [-0.1, -0.05) is 30.9 Å².